The van der Waals surface area contributed by atoms with Crippen molar-refractivity contribution in [2.45, 2.75) is 101 Å². The molecule has 3 aliphatic carbocycles. The third-order valence-electron chi connectivity index (χ3n) is 8.47. The predicted octanol–water partition coefficient (Wildman–Crippen LogP) is 2.55. The average molecular weight is 567 g/mol. The number of hydrogen-bond donors (Lipinski definition) is 1. The van der Waals surface area contributed by atoms with E-state index in [1.165, 1.54) is 0 Å². The van der Waals surface area contributed by atoms with E-state index < -0.39 is 93.8 Å². The Morgan fingerprint density at radius 1 is 1.13 bits per heavy atom. The molecule has 11 nitrogen and oxygen atoms in total. The number of halogens is 2. The van der Waals surface area contributed by atoms with Crippen LogP contribution in [0.4, 0.5) is 8.78 Å². The third kappa shape index (κ3) is 5.13. The number of fused-ring (bicyclic) bond motifs is 1. The molecular weight excluding hydrogens is 534 g/mol. The first kappa shape index (κ1) is 28.7. The van der Waals surface area contributed by atoms with Crippen molar-refractivity contribution in [3.05, 3.63) is 0 Å². The van der Waals surface area contributed by atoms with Gasteiger partial charge in [-0.15, -0.1) is 0 Å². The Morgan fingerprint density at radius 3 is 2.37 bits per heavy atom. The van der Waals surface area contributed by atoms with Crippen molar-refractivity contribution in [2.24, 2.45) is 23.7 Å². The second kappa shape index (κ2) is 10.3. The van der Waals surface area contributed by atoms with E-state index in [9.17, 15) is 36.4 Å². The highest BCUT2D eigenvalue weighted by atomic mass is 32.2. The molecule has 4 fully saturated rings. The maximum atomic E-state index is 13.6. The Kier molecular flexibility index (Phi) is 7.78. The Balaban J connectivity index is 1.36. The van der Waals surface area contributed by atoms with E-state index in [1.54, 1.807) is 0 Å². The lowest BCUT2D eigenvalue weighted by molar-refractivity contribution is -0.178. The maximum Gasteiger partial charge on any atom is 0.405 e. The average Bonchev–Trinajstić information content (AvgIpc) is 3.46. The van der Waals surface area contributed by atoms with Crippen LogP contribution in [0.1, 0.15) is 71.6 Å². The van der Waals surface area contributed by atoms with Gasteiger partial charge in [-0.3, -0.25) is 23.7 Å². The van der Waals surface area contributed by atoms with Crippen molar-refractivity contribution in [3.8, 4) is 0 Å². The van der Waals surface area contributed by atoms with E-state index in [1.807, 2.05) is 6.92 Å². The number of ether oxygens (including phenoxy) is 4. The van der Waals surface area contributed by atoms with Crippen LogP contribution in [-0.2, 0) is 48.2 Å². The highest BCUT2D eigenvalue weighted by molar-refractivity contribution is 7.86. The van der Waals surface area contributed by atoms with Gasteiger partial charge in [-0.25, -0.2) is 0 Å². The summed E-state index contributed by atoms with van der Waals surface area (Å²) in [5.41, 5.74) is -0.574. The van der Waals surface area contributed by atoms with Crippen LogP contribution in [0, 0.1) is 23.7 Å². The highest BCUT2D eigenvalue weighted by Crippen LogP contribution is 2.59. The van der Waals surface area contributed by atoms with Crippen LogP contribution in [0.15, 0.2) is 0 Å². The van der Waals surface area contributed by atoms with Crippen LogP contribution in [-0.4, -0.2) is 66.0 Å². The minimum absolute atomic E-state index is 0.305. The fraction of sp³-hybridized carbons (Fsp3) is 0.833. The van der Waals surface area contributed by atoms with Gasteiger partial charge in [0.2, 0.25) is 0 Å². The molecule has 2 bridgehead atoms. The number of esters is 4. The summed E-state index contributed by atoms with van der Waals surface area (Å²) in [6, 6.07) is 0. The van der Waals surface area contributed by atoms with Crippen LogP contribution >= 0.6 is 0 Å². The molecule has 1 aliphatic heterocycles. The second-order valence-electron chi connectivity index (χ2n) is 10.7. The summed E-state index contributed by atoms with van der Waals surface area (Å²) in [6.45, 7) is 2.54. The quantitative estimate of drug-likeness (QED) is 0.235. The van der Waals surface area contributed by atoms with Gasteiger partial charge in [0.1, 0.15) is 17.8 Å². The largest absolute Gasteiger partial charge is 0.459 e. The molecule has 0 spiro atoms. The van der Waals surface area contributed by atoms with Gasteiger partial charge >= 0.3 is 39.2 Å². The lowest BCUT2D eigenvalue weighted by Gasteiger charge is -2.38. The van der Waals surface area contributed by atoms with Crippen molar-refractivity contribution in [2.75, 3.05) is 0 Å². The summed E-state index contributed by atoms with van der Waals surface area (Å²) in [5, 5.41) is -4.73. The predicted molar refractivity (Wildman–Crippen MR) is 122 cm³/mol. The van der Waals surface area contributed by atoms with Crippen molar-refractivity contribution in [1.29, 1.82) is 0 Å². The molecule has 0 aromatic rings. The Hall–Kier alpha value is -2.35. The molecule has 3 saturated carbocycles. The summed E-state index contributed by atoms with van der Waals surface area (Å²) >= 11 is 0. The highest BCUT2D eigenvalue weighted by Gasteiger charge is 2.70. The normalized spacial score (nSPS) is 32.4. The van der Waals surface area contributed by atoms with Crippen LogP contribution in [0.3, 0.4) is 0 Å². The summed E-state index contributed by atoms with van der Waals surface area (Å²) in [7, 11) is -5.82. The molecule has 0 amide bonds. The minimum Gasteiger partial charge on any atom is -0.459 e. The van der Waals surface area contributed by atoms with Crippen molar-refractivity contribution >= 4 is 34.0 Å². The van der Waals surface area contributed by atoms with E-state index >= 15 is 0 Å². The zero-order valence-corrected chi connectivity index (χ0v) is 21.9. The Morgan fingerprint density at radius 2 is 1.76 bits per heavy atom. The van der Waals surface area contributed by atoms with Gasteiger partial charge in [-0.05, 0) is 45.4 Å². The van der Waals surface area contributed by atoms with Crippen LogP contribution < -0.4 is 0 Å². The number of rotatable bonds is 10. The summed E-state index contributed by atoms with van der Waals surface area (Å²) < 4.78 is 78.6. The monoisotopic (exact) mass is 566 g/mol. The fourth-order valence-corrected chi connectivity index (χ4v) is 6.89. The zero-order chi connectivity index (χ0) is 28.0. The molecule has 214 valence electrons. The van der Waals surface area contributed by atoms with Crippen LogP contribution in [0.2, 0.25) is 0 Å². The van der Waals surface area contributed by atoms with Gasteiger partial charge in [0.15, 0.2) is 6.10 Å². The van der Waals surface area contributed by atoms with E-state index in [0.29, 0.717) is 19.8 Å². The lowest BCUT2D eigenvalue weighted by atomic mass is 9.77. The lowest BCUT2D eigenvalue weighted by Crippen LogP contribution is -2.46. The molecule has 1 N–H and O–H groups in total. The summed E-state index contributed by atoms with van der Waals surface area (Å²) in [5.74, 6) is -5.53. The Labute approximate surface area is 218 Å². The molecule has 1 heterocycles. The van der Waals surface area contributed by atoms with Crippen molar-refractivity contribution in [3.63, 3.8) is 0 Å². The molecule has 4 rings (SSSR count). The SMILES string of the molecule is CCC1(OC(=O)C2C3CC4C(OC(=O)C42)C3OC(=O)CCC(=O)OC(C)C(F)(F)S(=O)(=O)O)CCCCC1. The summed E-state index contributed by atoms with van der Waals surface area (Å²) in [6.07, 6.45) is 0.104. The molecule has 38 heavy (non-hydrogen) atoms. The molecular formula is C24H32F2O11S. The number of carbonyl (C=O) groups is 4. The van der Waals surface area contributed by atoms with Gasteiger partial charge in [0.25, 0.3) is 0 Å². The van der Waals surface area contributed by atoms with E-state index in [0.717, 1.165) is 32.1 Å². The summed E-state index contributed by atoms with van der Waals surface area (Å²) in [4.78, 5) is 50.3. The maximum absolute atomic E-state index is 13.6. The molecule has 0 radical (unpaired) electrons. The van der Waals surface area contributed by atoms with E-state index in [4.69, 9.17) is 18.8 Å². The zero-order valence-electron chi connectivity index (χ0n) is 21.1. The fourth-order valence-electron chi connectivity index (χ4n) is 6.42. The van der Waals surface area contributed by atoms with E-state index in [2.05, 4.69) is 4.74 Å². The van der Waals surface area contributed by atoms with Crippen molar-refractivity contribution in [1.82, 2.24) is 0 Å². The second-order valence-corrected chi connectivity index (χ2v) is 12.2. The first-order chi connectivity index (χ1) is 17.7. The standard InChI is InChI=1S/C24H32F2O11S/c1-3-23(9-5-4-6-10-23)37-22(30)18-14-11-13-17(18)21(29)36-20(13)19(14)35-16(28)8-7-15(27)34-12(2)24(25,26)38(31,32)33/h12-14,17-20H,3-11H2,1-2H3,(H,31,32,33). The number of alkyl halides is 2. The number of carbonyl (C=O) groups excluding carboxylic acids is 4. The smallest absolute Gasteiger partial charge is 0.405 e. The molecule has 7 atom stereocenters. The molecule has 0 aromatic carbocycles. The topological polar surface area (TPSA) is 160 Å². The van der Waals surface area contributed by atoms with Gasteiger partial charge in [0, 0.05) is 11.8 Å². The van der Waals surface area contributed by atoms with Gasteiger partial charge in [-0.2, -0.15) is 17.2 Å². The van der Waals surface area contributed by atoms with Gasteiger partial charge < -0.3 is 18.9 Å². The van der Waals surface area contributed by atoms with E-state index in [-0.39, 0.29) is 5.92 Å². The van der Waals surface area contributed by atoms with Crippen molar-refractivity contribution < 1.29 is 59.9 Å². The van der Waals surface area contributed by atoms with Crippen LogP contribution in [0.25, 0.3) is 0 Å². The first-order valence-electron chi connectivity index (χ1n) is 12.9. The molecule has 7 unspecified atom stereocenters. The molecule has 1 saturated heterocycles. The van der Waals surface area contributed by atoms with Crippen LogP contribution in [0.5, 0.6) is 0 Å². The minimum atomic E-state index is -5.82. The number of hydrogen-bond acceptors (Lipinski definition) is 10. The third-order valence-corrected chi connectivity index (χ3v) is 9.49. The Bertz CT molecular complexity index is 1080. The van der Waals surface area contributed by atoms with Gasteiger partial charge in [0.05, 0.1) is 24.7 Å². The molecule has 14 heteroatoms. The molecule has 4 aliphatic rings. The van der Waals surface area contributed by atoms with Gasteiger partial charge in [-0.1, -0.05) is 13.3 Å². The first-order valence-corrected chi connectivity index (χ1v) is 14.3. The molecule has 0 aromatic heterocycles.